The van der Waals surface area contributed by atoms with Crippen LogP contribution in [0.5, 0.6) is 0 Å². The maximum Gasteiger partial charge on any atom is 0.356 e. The Morgan fingerprint density at radius 1 is 0.977 bits per heavy atom. The van der Waals surface area contributed by atoms with Gasteiger partial charge in [0.1, 0.15) is 17.1 Å². The fourth-order valence-electron chi connectivity index (χ4n) is 5.16. The van der Waals surface area contributed by atoms with E-state index in [1.54, 1.807) is 5.51 Å². The van der Waals surface area contributed by atoms with Gasteiger partial charge in [-0.05, 0) is 35.3 Å². The Hall–Kier alpha value is -4.47. The molecule has 2 amide bonds. The summed E-state index contributed by atoms with van der Waals surface area (Å²) in [5, 5.41) is 2.48. The van der Waals surface area contributed by atoms with Crippen molar-refractivity contribution in [2.24, 2.45) is 0 Å². The fraction of sp³-hybridized carbons (Fsp3) is 0.176. The number of thioether (sulfide) groups is 1. The first kappa shape index (κ1) is 28.6. The van der Waals surface area contributed by atoms with E-state index >= 15 is 0 Å². The monoisotopic (exact) mass is 607 g/mol. The molecule has 0 radical (unpaired) electrons. The lowest BCUT2D eigenvalue weighted by atomic mass is 10.00. The lowest BCUT2D eigenvalue weighted by molar-refractivity contribution is -0.154. The smallest absolute Gasteiger partial charge is 0.356 e. The summed E-state index contributed by atoms with van der Waals surface area (Å²) in [5.41, 5.74) is 6.06. The van der Waals surface area contributed by atoms with Crippen molar-refractivity contribution in [3.8, 4) is 0 Å². The first-order valence-corrected chi connectivity index (χ1v) is 15.8. The number of benzene rings is 3. The minimum Gasteiger partial charge on any atom is -0.448 e. The minimum absolute atomic E-state index is 0.171. The van der Waals surface area contributed by atoms with Crippen LogP contribution in [-0.2, 0) is 25.5 Å². The van der Waals surface area contributed by atoms with Crippen LogP contribution in [0, 0.1) is 6.92 Å². The zero-order chi connectivity index (χ0) is 29.8. The Bertz CT molecular complexity index is 1650. The quantitative estimate of drug-likeness (QED) is 0.194. The second kappa shape index (κ2) is 12.8. The molecule has 3 heterocycles. The first-order chi connectivity index (χ1) is 21.0. The average molecular weight is 608 g/mol. The van der Waals surface area contributed by atoms with Crippen LogP contribution in [0.4, 0.5) is 0 Å². The first-order valence-electron chi connectivity index (χ1n) is 13.9. The number of nitrogens with one attached hydrogen (secondary N) is 1. The summed E-state index contributed by atoms with van der Waals surface area (Å²) >= 11 is 3.02. The van der Waals surface area contributed by atoms with Crippen molar-refractivity contribution in [1.29, 1.82) is 0 Å². The summed E-state index contributed by atoms with van der Waals surface area (Å²) < 4.78 is 6.22. The Kier molecular flexibility index (Phi) is 8.53. The van der Waals surface area contributed by atoms with Crippen molar-refractivity contribution in [1.82, 2.24) is 15.2 Å². The summed E-state index contributed by atoms with van der Waals surface area (Å²) in [4.78, 5) is 47.3. The fourth-order valence-corrected chi connectivity index (χ4v) is 7.17. The van der Waals surface area contributed by atoms with Crippen LogP contribution in [0.25, 0.3) is 6.08 Å². The number of thiazole rings is 1. The minimum atomic E-state index is -0.725. The molecule has 2 aliphatic rings. The molecule has 2 aliphatic heterocycles. The Morgan fingerprint density at radius 2 is 1.60 bits per heavy atom. The molecule has 0 unspecified atom stereocenters. The number of esters is 1. The zero-order valence-corrected chi connectivity index (χ0v) is 25.0. The number of hydrogen-bond acceptors (Lipinski definition) is 7. The van der Waals surface area contributed by atoms with E-state index in [4.69, 9.17) is 4.74 Å². The molecule has 4 aromatic rings. The largest absolute Gasteiger partial charge is 0.448 e. The maximum absolute atomic E-state index is 14.1. The molecule has 0 bridgehead atoms. The lowest BCUT2D eigenvalue weighted by Crippen LogP contribution is -2.70. The van der Waals surface area contributed by atoms with E-state index in [1.807, 2.05) is 110 Å². The van der Waals surface area contributed by atoms with E-state index in [1.165, 1.54) is 28.0 Å². The number of fused-ring (bicyclic) bond motifs is 1. The molecular formula is C34H29N3O4S2. The van der Waals surface area contributed by atoms with E-state index in [2.05, 4.69) is 10.3 Å². The summed E-state index contributed by atoms with van der Waals surface area (Å²) in [7, 11) is 0. The number of hydrogen-bond donors (Lipinski definition) is 1. The zero-order valence-electron chi connectivity index (χ0n) is 23.4. The van der Waals surface area contributed by atoms with Crippen molar-refractivity contribution in [3.63, 3.8) is 0 Å². The molecule has 6 rings (SSSR count). The average Bonchev–Trinajstić information content (AvgIpc) is 3.46. The molecule has 0 aliphatic carbocycles. The van der Waals surface area contributed by atoms with E-state index in [9.17, 15) is 14.4 Å². The van der Waals surface area contributed by atoms with Gasteiger partial charge in [0.15, 0.2) is 6.10 Å². The highest BCUT2D eigenvalue weighted by molar-refractivity contribution is 8.00. The number of carbonyl (C=O) groups excluding carboxylic acids is 3. The van der Waals surface area contributed by atoms with E-state index in [0.717, 1.165) is 27.3 Å². The van der Waals surface area contributed by atoms with Crippen molar-refractivity contribution in [3.05, 3.63) is 141 Å². The van der Waals surface area contributed by atoms with Crippen LogP contribution in [-0.4, -0.2) is 44.8 Å². The number of nitrogens with zero attached hydrogens (tertiary/aromatic N) is 2. The highest BCUT2D eigenvalue weighted by Crippen LogP contribution is 2.42. The number of allylic oxidation sites excluding steroid dienone is 1. The van der Waals surface area contributed by atoms with Crippen LogP contribution in [0.2, 0.25) is 0 Å². The van der Waals surface area contributed by atoms with Gasteiger partial charge in [0.25, 0.3) is 5.91 Å². The second-order valence-corrected chi connectivity index (χ2v) is 12.2. The number of carbonyl (C=O) groups is 3. The number of β-lactam (4-membered cyclic amide) rings is 1. The predicted molar refractivity (Wildman–Crippen MR) is 169 cm³/mol. The van der Waals surface area contributed by atoms with Gasteiger partial charge >= 0.3 is 5.97 Å². The molecule has 3 aromatic carbocycles. The molecule has 0 spiro atoms. The van der Waals surface area contributed by atoms with Crippen molar-refractivity contribution in [2.75, 3.05) is 5.75 Å². The molecule has 43 heavy (non-hydrogen) atoms. The Balaban J connectivity index is 1.29. The van der Waals surface area contributed by atoms with Gasteiger partial charge in [-0.25, -0.2) is 9.78 Å². The molecule has 1 aromatic heterocycles. The third kappa shape index (κ3) is 6.18. The molecule has 9 heteroatoms. The maximum atomic E-state index is 14.1. The molecule has 1 saturated heterocycles. The SMILES string of the molecule is Cc1ncsc1/C=C/C1=C(C(=O)OC(c2ccccc2)c2ccccc2)N2C(=O)[C@@H](NC(=O)Cc3ccccc3)[C@H]2SC1. The summed E-state index contributed by atoms with van der Waals surface area (Å²) in [6.45, 7) is 1.93. The van der Waals surface area contributed by atoms with Gasteiger partial charge in [-0.15, -0.1) is 23.1 Å². The third-order valence-electron chi connectivity index (χ3n) is 7.36. The number of ether oxygens (including phenoxy) is 1. The second-order valence-electron chi connectivity index (χ2n) is 10.2. The van der Waals surface area contributed by atoms with E-state index < -0.39 is 23.5 Å². The number of amides is 2. The van der Waals surface area contributed by atoms with Crippen LogP contribution < -0.4 is 5.32 Å². The highest BCUT2D eigenvalue weighted by atomic mass is 32.2. The molecule has 216 valence electrons. The standard InChI is InChI=1S/C34H29N3O4S2/c1-22-27(43-21-35-22)18-17-26-20-42-33-29(36-28(38)19-23-11-5-2-6-12-23)32(39)37(33)30(26)34(40)41-31(24-13-7-3-8-14-24)25-15-9-4-10-16-25/h2-18,21,29,31,33H,19-20H2,1H3,(H,36,38)/b18-17+/t29-,33-/m1/s1. The normalized spacial score (nSPS) is 18.0. The Labute approximate surface area is 258 Å². The molecule has 0 saturated carbocycles. The molecular weight excluding hydrogens is 579 g/mol. The number of aryl methyl sites for hydroxylation is 1. The molecule has 1 fully saturated rings. The number of rotatable bonds is 9. The van der Waals surface area contributed by atoms with Gasteiger partial charge in [0.2, 0.25) is 5.91 Å². The van der Waals surface area contributed by atoms with Gasteiger partial charge in [-0.1, -0.05) is 97.1 Å². The summed E-state index contributed by atoms with van der Waals surface area (Å²) in [6, 6.07) is 27.8. The van der Waals surface area contributed by atoms with E-state index in [0.29, 0.717) is 11.3 Å². The summed E-state index contributed by atoms with van der Waals surface area (Å²) in [5.74, 6) is -0.690. The molecule has 2 atom stereocenters. The van der Waals surface area contributed by atoms with Gasteiger partial charge in [0, 0.05) is 10.6 Å². The topological polar surface area (TPSA) is 88.6 Å². The van der Waals surface area contributed by atoms with Gasteiger partial charge in [-0.3, -0.25) is 14.5 Å². The van der Waals surface area contributed by atoms with Crippen LogP contribution in [0.1, 0.15) is 33.4 Å². The van der Waals surface area contributed by atoms with Crippen LogP contribution in [0.3, 0.4) is 0 Å². The predicted octanol–water partition coefficient (Wildman–Crippen LogP) is 5.69. The van der Waals surface area contributed by atoms with Gasteiger partial charge < -0.3 is 10.1 Å². The van der Waals surface area contributed by atoms with Crippen molar-refractivity contribution in [2.45, 2.75) is 30.9 Å². The summed E-state index contributed by atoms with van der Waals surface area (Å²) in [6.07, 6.45) is 3.30. The van der Waals surface area contributed by atoms with Gasteiger partial charge in [0.05, 0.1) is 17.6 Å². The molecule has 7 nitrogen and oxygen atoms in total. The Morgan fingerprint density at radius 3 is 2.21 bits per heavy atom. The van der Waals surface area contributed by atoms with Crippen LogP contribution >= 0.6 is 23.1 Å². The number of aromatic nitrogens is 1. The van der Waals surface area contributed by atoms with Crippen LogP contribution in [0.15, 0.2) is 114 Å². The molecule has 1 N–H and O–H groups in total. The van der Waals surface area contributed by atoms with E-state index in [-0.39, 0.29) is 23.9 Å². The van der Waals surface area contributed by atoms with Crippen molar-refractivity contribution < 1.29 is 19.1 Å². The van der Waals surface area contributed by atoms with Crippen molar-refractivity contribution >= 4 is 47.0 Å². The third-order valence-corrected chi connectivity index (χ3v) is 9.56. The van der Waals surface area contributed by atoms with Gasteiger partial charge in [-0.2, -0.15) is 0 Å². The lowest BCUT2D eigenvalue weighted by Gasteiger charge is -2.49. The highest BCUT2D eigenvalue weighted by Gasteiger charge is 2.54.